The van der Waals surface area contributed by atoms with E-state index in [0.717, 1.165) is 17.0 Å². The van der Waals surface area contributed by atoms with Crippen molar-refractivity contribution >= 4 is 11.6 Å². The highest BCUT2D eigenvalue weighted by Crippen LogP contribution is 2.19. The Bertz CT molecular complexity index is 580. The van der Waals surface area contributed by atoms with Gasteiger partial charge in [0.1, 0.15) is 0 Å². The molecule has 114 valence electrons. The number of aliphatic hydroxyl groups is 1. The molecular formula is C16H21ClN2O2. The zero-order valence-electron chi connectivity index (χ0n) is 12.6. The van der Waals surface area contributed by atoms with Gasteiger partial charge in [0, 0.05) is 10.7 Å². The minimum Gasteiger partial charge on any atom is -0.389 e. The molecule has 0 aliphatic heterocycles. The molecule has 0 bridgehead atoms. The third kappa shape index (κ3) is 4.30. The summed E-state index contributed by atoms with van der Waals surface area (Å²) < 4.78 is 7.66. The first-order valence-corrected chi connectivity index (χ1v) is 7.38. The Morgan fingerprint density at radius 2 is 1.95 bits per heavy atom. The fraction of sp³-hybridized carbons (Fsp3) is 0.438. The molecule has 0 radical (unpaired) electrons. The maximum atomic E-state index is 10.1. The minimum atomic E-state index is -0.563. The van der Waals surface area contributed by atoms with Crippen molar-refractivity contribution in [2.75, 3.05) is 6.61 Å². The van der Waals surface area contributed by atoms with Gasteiger partial charge in [-0.2, -0.15) is 0 Å². The summed E-state index contributed by atoms with van der Waals surface area (Å²) >= 11 is 5.86. The van der Waals surface area contributed by atoms with Crippen LogP contribution >= 0.6 is 11.6 Å². The van der Waals surface area contributed by atoms with Gasteiger partial charge in [-0.1, -0.05) is 23.7 Å². The Labute approximate surface area is 130 Å². The van der Waals surface area contributed by atoms with Gasteiger partial charge in [-0.25, -0.2) is 4.98 Å². The summed E-state index contributed by atoms with van der Waals surface area (Å²) in [6.07, 6.45) is 1.10. The summed E-state index contributed by atoms with van der Waals surface area (Å²) in [6, 6.07) is 7.54. The largest absolute Gasteiger partial charge is 0.389 e. The molecule has 1 aromatic heterocycles. The van der Waals surface area contributed by atoms with E-state index in [1.54, 1.807) is 6.33 Å². The van der Waals surface area contributed by atoms with Crippen LogP contribution in [0.5, 0.6) is 0 Å². The third-order valence-corrected chi connectivity index (χ3v) is 3.88. The molecule has 0 aliphatic rings. The maximum Gasteiger partial charge on any atom is 0.0952 e. The second-order valence-corrected chi connectivity index (χ2v) is 5.69. The van der Waals surface area contributed by atoms with E-state index in [2.05, 4.69) is 4.98 Å². The van der Waals surface area contributed by atoms with Crippen molar-refractivity contribution < 1.29 is 9.84 Å². The molecule has 0 aliphatic carbocycles. The average Bonchev–Trinajstić information content (AvgIpc) is 2.77. The van der Waals surface area contributed by atoms with Crippen molar-refractivity contribution in [1.29, 1.82) is 0 Å². The quantitative estimate of drug-likeness (QED) is 0.890. The second kappa shape index (κ2) is 7.07. The number of aromatic nitrogens is 2. The number of nitrogens with zero attached hydrogens (tertiary/aromatic N) is 2. The van der Waals surface area contributed by atoms with Crippen LogP contribution in [0.2, 0.25) is 5.02 Å². The van der Waals surface area contributed by atoms with Crippen LogP contribution in [0.1, 0.15) is 30.0 Å². The van der Waals surface area contributed by atoms with E-state index in [0.29, 0.717) is 11.6 Å². The van der Waals surface area contributed by atoms with E-state index < -0.39 is 6.10 Å². The third-order valence-electron chi connectivity index (χ3n) is 3.63. The lowest BCUT2D eigenvalue weighted by molar-refractivity contribution is -0.00890. The molecule has 2 aromatic rings. The van der Waals surface area contributed by atoms with Crippen molar-refractivity contribution in [3.8, 4) is 0 Å². The van der Waals surface area contributed by atoms with E-state index in [4.69, 9.17) is 16.3 Å². The van der Waals surface area contributed by atoms with Gasteiger partial charge in [-0.15, -0.1) is 0 Å². The first kappa shape index (κ1) is 16.0. The Kier molecular flexibility index (Phi) is 5.39. The first-order valence-electron chi connectivity index (χ1n) is 7.01. The molecular weight excluding hydrogens is 288 g/mol. The van der Waals surface area contributed by atoms with Crippen LogP contribution in [-0.4, -0.2) is 27.4 Å². The summed E-state index contributed by atoms with van der Waals surface area (Å²) in [5.74, 6) is 0. The van der Waals surface area contributed by atoms with Crippen molar-refractivity contribution in [3.63, 3.8) is 0 Å². The average molecular weight is 309 g/mol. The van der Waals surface area contributed by atoms with Crippen LogP contribution in [0.15, 0.2) is 30.6 Å². The normalized spacial score (nSPS) is 14.1. The number of hydrogen-bond acceptors (Lipinski definition) is 3. The van der Waals surface area contributed by atoms with Gasteiger partial charge in [-0.05, 0) is 38.5 Å². The lowest BCUT2D eigenvalue weighted by Crippen LogP contribution is -2.23. The monoisotopic (exact) mass is 308 g/mol. The van der Waals surface area contributed by atoms with E-state index >= 15 is 0 Å². The number of benzene rings is 1. The molecule has 0 saturated heterocycles. The number of hydrogen-bond donors (Lipinski definition) is 1. The molecule has 0 fully saturated rings. The lowest BCUT2D eigenvalue weighted by atomic mass is 10.1. The van der Waals surface area contributed by atoms with Gasteiger partial charge in [0.05, 0.1) is 37.4 Å². The van der Waals surface area contributed by atoms with E-state index in [9.17, 15) is 5.11 Å². The second-order valence-electron chi connectivity index (χ2n) is 5.25. The Balaban J connectivity index is 1.84. The SMILES string of the molecule is Cc1ncn(CC(O)COC(C)c2ccc(Cl)cc2)c1C. The molecule has 0 saturated carbocycles. The Morgan fingerprint density at radius 3 is 2.52 bits per heavy atom. The summed E-state index contributed by atoms with van der Waals surface area (Å²) in [5.41, 5.74) is 3.10. The highest BCUT2D eigenvalue weighted by Gasteiger charge is 2.12. The summed E-state index contributed by atoms with van der Waals surface area (Å²) in [6.45, 7) is 6.67. The Morgan fingerprint density at radius 1 is 1.29 bits per heavy atom. The van der Waals surface area contributed by atoms with Crippen molar-refractivity contribution in [1.82, 2.24) is 9.55 Å². The van der Waals surface area contributed by atoms with E-state index in [-0.39, 0.29) is 12.7 Å². The van der Waals surface area contributed by atoms with Crippen LogP contribution < -0.4 is 0 Å². The molecule has 2 unspecified atom stereocenters. The highest BCUT2D eigenvalue weighted by atomic mass is 35.5. The van der Waals surface area contributed by atoms with Gasteiger partial charge < -0.3 is 14.4 Å². The van der Waals surface area contributed by atoms with Crippen molar-refractivity contribution in [3.05, 3.63) is 52.6 Å². The maximum absolute atomic E-state index is 10.1. The van der Waals surface area contributed by atoms with Crippen LogP contribution in [0.25, 0.3) is 0 Å². The molecule has 21 heavy (non-hydrogen) atoms. The number of imidazole rings is 1. The topological polar surface area (TPSA) is 47.3 Å². The summed E-state index contributed by atoms with van der Waals surface area (Å²) in [4.78, 5) is 4.22. The van der Waals surface area contributed by atoms with Crippen molar-refractivity contribution in [2.45, 2.75) is 39.5 Å². The predicted octanol–water partition coefficient (Wildman–Crippen LogP) is 3.29. The van der Waals surface area contributed by atoms with E-state index in [1.165, 1.54) is 0 Å². The molecule has 5 heteroatoms. The first-order chi connectivity index (χ1) is 9.97. The molecule has 2 rings (SSSR count). The smallest absolute Gasteiger partial charge is 0.0952 e. The molecule has 1 aromatic carbocycles. The molecule has 0 amide bonds. The fourth-order valence-electron chi connectivity index (χ4n) is 2.09. The van der Waals surface area contributed by atoms with Crippen LogP contribution in [0.3, 0.4) is 0 Å². The van der Waals surface area contributed by atoms with Gasteiger partial charge >= 0.3 is 0 Å². The van der Waals surface area contributed by atoms with Crippen molar-refractivity contribution in [2.24, 2.45) is 0 Å². The van der Waals surface area contributed by atoms with Crippen LogP contribution in [0, 0.1) is 13.8 Å². The molecule has 1 heterocycles. The molecule has 2 atom stereocenters. The summed E-state index contributed by atoms with van der Waals surface area (Å²) in [7, 11) is 0. The number of rotatable bonds is 6. The fourth-order valence-corrected chi connectivity index (χ4v) is 2.22. The highest BCUT2D eigenvalue weighted by molar-refractivity contribution is 6.30. The molecule has 4 nitrogen and oxygen atoms in total. The van der Waals surface area contributed by atoms with Gasteiger partial charge in [0.25, 0.3) is 0 Å². The van der Waals surface area contributed by atoms with Gasteiger partial charge in [-0.3, -0.25) is 0 Å². The number of ether oxygens (including phenoxy) is 1. The number of aryl methyl sites for hydroxylation is 1. The molecule has 1 N–H and O–H groups in total. The standard InChI is InChI=1S/C16H21ClN2O2/c1-11-12(2)19(10-18-11)8-16(20)9-21-13(3)14-4-6-15(17)7-5-14/h4-7,10,13,16,20H,8-9H2,1-3H3. The number of halogens is 1. The zero-order valence-corrected chi connectivity index (χ0v) is 13.3. The van der Waals surface area contributed by atoms with Gasteiger partial charge in [0.15, 0.2) is 0 Å². The number of aliphatic hydroxyl groups excluding tert-OH is 1. The van der Waals surface area contributed by atoms with Crippen LogP contribution in [-0.2, 0) is 11.3 Å². The molecule has 0 spiro atoms. The van der Waals surface area contributed by atoms with Gasteiger partial charge in [0.2, 0.25) is 0 Å². The van der Waals surface area contributed by atoms with E-state index in [1.807, 2.05) is 49.6 Å². The predicted molar refractivity (Wildman–Crippen MR) is 83.5 cm³/mol. The van der Waals surface area contributed by atoms with Crippen LogP contribution in [0.4, 0.5) is 0 Å². The summed E-state index contributed by atoms with van der Waals surface area (Å²) in [5, 5.41) is 10.8. The zero-order chi connectivity index (χ0) is 15.4. The lowest BCUT2D eigenvalue weighted by Gasteiger charge is -2.18. The Hall–Kier alpha value is -1.36. The minimum absolute atomic E-state index is 0.0810.